The van der Waals surface area contributed by atoms with E-state index < -0.39 is 0 Å². The molecular formula is C15H20N2O. The molecule has 0 radical (unpaired) electrons. The van der Waals surface area contributed by atoms with Gasteiger partial charge in [0.1, 0.15) is 5.75 Å². The van der Waals surface area contributed by atoms with E-state index in [1.807, 2.05) is 0 Å². The molecule has 0 bridgehead atoms. The molecule has 2 heterocycles. The first-order chi connectivity index (χ1) is 8.64. The van der Waals surface area contributed by atoms with Crippen LogP contribution >= 0.6 is 0 Å². The molecule has 0 saturated carbocycles. The molecule has 1 atom stereocenters. The third kappa shape index (κ3) is 1.62. The van der Waals surface area contributed by atoms with Crippen LogP contribution in [0.25, 0.3) is 10.9 Å². The maximum absolute atomic E-state index is 5.59. The average Bonchev–Trinajstić information content (AvgIpc) is 2.96. The van der Waals surface area contributed by atoms with Crippen molar-refractivity contribution in [1.82, 2.24) is 9.88 Å². The molecule has 0 aliphatic carbocycles. The Labute approximate surface area is 108 Å². The molecular weight excluding hydrogens is 224 g/mol. The van der Waals surface area contributed by atoms with Gasteiger partial charge in [-0.1, -0.05) is 0 Å². The predicted molar refractivity (Wildman–Crippen MR) is 74.1 cm³/mol. The van der Waals surface area contributed by atoms with Crippen LogP contribution in [0.5, 0.6) is 5.75 Å². The number of aromatic nitrogens is 1. The van der Waals surface area contributed by atoms with Crippen LogP contribution in [0.15, 0.2) is 24.4 Å². The van der Waals surface area contributed by atoms with Gasteiger partial charge in [-0.05, 0) is 44.5 Å². The molecule has 1 aliphatic heterocycles. The number of rotatable bonds is 2. The monoisotopic (exact) mass is 244 g/mol. The second kappa shape index (κ2) is 4.02. The molecule has 18 heavy (non-hydrogen) atoms. The molecule has 0 amide bonds. The van der Waals surface area contributed by atoms with E-state index in [4.69, 9.17) is 4.74 Å². The number of benzene rings is 1. The van der Waals surface area contributed by atoms with Gasteiger partial charge in [0.25, 0.3) is 0 Å². The maximum Gasteiger partial charge on any atom is 0.124 e. The number of nitrogens with one attached hydrogen (secondary N) is 1. The highest BCUT2D eigenvalue weighted by Gasteiger charge is 2.33. The van der Waals surface area contributed by atoms with Crippen LogP contribution in [-0.2, 0) is 12.6 Å². The first kappa shape index (κ1) is 11.6. The van der Waals surface area contributed by atoms with E-state index in [0.29, 0.717) is 0 Å². The van der Waals surface area contributed by atoms with Gasteiger partial charge in [-0.3, -0.25) is 0 Å². The molecule has 1 N–H and O–H groups in total. The van der Waals surface area contributed by atoms with Gasteiger partial charge in [0.2, 0.25) is 0 Å². The summed E-state index contributed by atoms with van der Waals surface area (Å²) in [6, 6.07) is 6.55. The Morgan fingerprint density at radius 3 is 2.89 bits per heavy atom. The lowest BCUT2D eigenvalue weighted by molar-refractivity contribution is 0.372. The Balaban J connectivity index is 2.22. The molecule has 1 fully saturated rings. The highest BCUT2D eigenvalue weighted by atomic mass is 16.5. The SMILES string of the molecule is COc1cc2ccn(C)c2cc1C1(C)CCCN1. The van der Waals surface area contributed by atoms with Crippen LogP contribution in [0.3, 0.4) is 0 Å². The van der Waals surface area contributed by atoms with Crippen molar-refractivity contribution in [1.29, 1.82) is 0 Å². The molecule has 3 rings (SSSR count). The Kier molecular flexibility index (Phi) is 2.59. The quantitative estimate of drug-likeness (QED) is 0.879. The molecule has 1 aromatic heterocycles. The van der Waals surface area contributed by atoms with Gasteiger partial charge in [-0.2, -0.15) is 0 Å². The largest absolute Gasteiger partial charge is 0.496 e. The van der Waals surface area contributed by atoms with Crippen LogP contribution in [0.4, 0.5) is 0 Å². The van der Waals surface area contributed by atoms with Crippen molar-refractivity contribution in [2.75, 3.05) is 13.7 Å². The maximum atomic E-state index is 5.59. The topological polar surface area (TPSA) is 26.2 Å². The van der Waals surface area contributed by atoms with Gasteiger partial charge < -0.3 is 14.6 Å². The summed E-state index contributed by atoms with van der Waals surface area (Å²) in [6.07, 6.45) is 4.49. The van der Waals surface area contributed by atoms with Gasteiger partial charge in [0.15, 0.2) is 0 Å². The van der Waals surface area contributed by atoms with E-state index in [-0.39, 0.29) is 5.54 Å². The fraction of sp³-hybridized carbons (Fsp3) is 0.467. The lowest BCUT2D eigenvalue weighted by atomic mass is 9.89. The molecule has 3 heteroatoms. The number of hydrogen-bond acceptors (Lipinski definition) is 2. The number of methoxy groups -OCH3 is 1. The summed E-state index contributed by atoms with van der Waals surface area (Å²) >= 11 is 0. The zero-order valence-electron chi connectivity index (χ0n) is 11.3. The summed E-state index contributed by atoms with van der Waals surface area (Å²) in [4.78, 5) is 0. The van der Waals surface area contributed by atoms with Gasteiger partial charge in [0, 0.05) is 35.2 Å². The lowest BCUT2D eigenvalue weighted by Gasteiger charge is -2.27. The van der Waals surface area contributed by atoms with E-state index in [9.17, 15) is 0 Å². The smallest absolute Gasteiger partial charge is 0.124 e. The minimum atomic E-state index is 0.0454. The Hall–Kier alpha value is -1.48. The average molecular weight is 244 g/mol. The number of aryl methyl sites for hydroxylation is 1. The summed E-state index contributed by atoms with van der Waals surface area (Å²) in [5.41, 5.74) is 2.58. The standard InChI is InChI=1S/C15H20N2O/c1-15(6-4-7-16-15)12-10-13-11(5-8-17(13)2)9-14(12)18-3/h5,8-10,16H,4,6-7H2,1-3H3. The van der Waals surface area contributed by atoms with Crippen molar-refractivity contribution < 1.29 is 4.74 Å². The Morgan fingerprint density at radius 1 is 1.39 bits per heavy atom. The van der Waals surface area contributed by atoms with Crippen molar-refractivity contribution >= 4 is 10.9 Å². The predicted octanol–water partition coefficient (Wildman–Crippen LogP) is 2.79. The van der Waals surface area contributed by atoms with Crippen LogP contribution in [0.2, 0.25) is 0 Å². The van der Waals surface area contributed by atoms with Crippen molar-refractivity contribution in [2.45, 2.75) is 25.3 Å². The normalized spacial score (nSPS) is 23.7. The highest BCUT2D eigenvalue weighted by molar-refractivity contribution is 5.83. The summed E-state index contributed by atoms with van der Waals surface area (Å²) in [5, 5.41) is 4.85. The van der Waals surface area contributed by atoms with Gasteiger partial charge >= 0.3 is 0 Å². The number of fused-ring (bicyclic) bond motifs is 1. The van der Waals surface area contributed by atoms with E-state index in [1.54, 1.807) is 7.11 Å². The fourth-order valence-electron chi connectivity index (χ4n) is 3.02. The first-order valence-electron chi connectivity index (χ1n) is 6.53. The zero-order valence-corrected chi connectivity index (χ0v) is 11.3. The highest BCUT2D eigenvalue weighted by Crippen LogP contribution is 2.38. The van der Waals surface area contributed by atoms with Crippen molar-refractivity contribution in [3.8, 4) is 5.75 Å². The Morgan fingerprint density at radius 2 is 2.22 bits per heavy atom. The molecule has 2 aromatic rings. The first-order valence-corrected chi connectivity index (χ1v) is 6.53. The van der Waals surface area contributed by atoms with E-state index in [2.05, 4.69) is 48.3 Å². The van der Waals surface area contributed by atoms with Crippen LogP contribution < -0.4 is 10.1 Å². The molecule has 0 spiro atoms. The van der Waals surface area contributed by atoms with Crippen LogP contribution in [0, 0.1) is 0 Å². The van der Waals surface area contributed by atoms with Crippen LogP contribution in [-0.4, -0.2) is 18.2 Å². The van der Waals surface area contributed by atoms with Crippen LogP contribution in [0.1, 0.15) is 25.3 Å². The summed E-state index contributed by atoms with van der Waals surface area (Å²) in [7, 11) is 3.84. The van der Waals surface area contributed by atoms with E-state index in [1.165, 1.54) is 29.3 Å². The number of nitrogens with zero attached hydrogens (tertiary/aromatic N) is 1. The summed E-state index contributed by atoms with van der Waals surface area (Å²) < 4.78 is 7.75. The molecule has 96 valence electrons. The van der Waals surface area contributed by atoms with Crippen molar-refractivity contribution in [3.63, 3.8) is 0 Å². The van der Waals surface area contributed by atoms with Gasteiger partial charge in [-0.25, -0.2) is 0 Å². The summed E-state index contributed by atoms with van der Waals surface area (Å²) in [5.74, 6) is 0.991. The fourth-order valence-corrected chi connectivity index (χ4v) is 3.02. The van der Waals surface area contributed by atoms with E-state index in [0.717, 1.165) is 12.3 Å². The second-order valence-corrected chi connectivity index (χ2v) is 5.40. The minimum absolute atomic E-state index is 0.0454. The van der Waals surface area contributed by atoms with E-state index >= 15 is 0 Å². The lowest BCUT2D eigenvalue weighted by Crippen LogP contribution is -2.33. The number of ether oxygens (including phenoxy) is 1. The summed E-state index contributed by atoms with van der Waals surface area (Å²) in [6.45, 7) is 3.36. The van der Waals surface area contributed by atoms with Gasteiger partial charge in [0.05, 0.1) is 7.11 Å². The molecule has 1 aromatic carbocycles. The number of hydrogen-bond donors (Lipinski definition) is 1. The third-order valence-corrected chi connectivity index (χ3v) is 4.17. The Bertz CT molecular complexity index is 579. The molecule has 1 aliphatic rings. The minimum Gasteiger partial charge on any atom is -0.496 e. The molecule has 1 saturated heterocycles. The second-order valence-electron chi connectivity index (χ2n) is 5.40. The molecule has 1 unspecified atom stereocenters. The van der Waals surface area contributed by atoms with Gasteiger partial charge in [-0.15, -0.1) is 0 Å². The third-order valence-electron chi connectivity index (χ3n) is 4.17. The van der Waals surface area contributed by atoms with Crippen molar-refractivity contribution in [3.05, 3.63) is 30.0 Å². The zero-order chi connectivity index (χ0) is 12.8. The van der Waals surface area contributed by atoms with Crippen molar-refractivity contribution in [2.24, 2.45) is 7.05 Å². The molecule has 3 nitrogen and oxygen atoms in total.